The lowest BCUT2D eigenvalue weighted by atomic mass is 10.2. The first-order valence-electron chi connectivity index (χ1n) is 8.31. The second-order valence-electron chi connectivity index (χ2n) is 5.57. The molecule has 0 aliphatic carbocycles. The van der Waals surface area contributed by atoms with Gasteiger partial charge >= 0.3 is 5.97 Å². The second kappa shape index (κ2) is 9.46. The molecule has 2 aromatic carbocycles. The standard InChI is InChI=1S/C20H23NO5/c1-4-25-18-12-8-6-10-16(18)20(23)26-14-19(22)21(2)13-15-9-5-7-11-17(15)24-3/h5-12H,4,13-14H2,1-3H3. The summed E-state index contributed by atoms with van der Waals surface area (Å²) in [6.45, 7) is 2.28. The minimum Gasteiger partial charge on any atom is -0.496 e. The van der Waals surface area contributed by atoms with Gasteiger partial charge in [0.25, 0.3) is 5.91 Å². The molecule has 0 spiro atoms. The van der Waals surface area contributed by atoms with Crippen LogP contribution in [0.2, 0.25) is 0 Å². The number of likely N-dealkylation sites (N-methyl/N-ethyl adjacent to an activating group) is 1. The number of ether oxygens (including phenoxy) is 3. The summed E-state index contributed by atoms with van der Waals surface area (Å²) in [5, 5.41) is 0. The first kappa shape index (κ1) is 19.3. The summed E-state index contributed by atoms with van der Waals surface area (Å²) in [5.41, 5.74) is 1.17. The molecule has 0 aliphatic rings. The Balaban J connectivity index is 1.94. The number of esters is 1. The molecule has 0 unspecified atom stereocenters. The maximum atomic E-state index is 12.3. The minimum atomic E-state index is -0.590. The van der Waals surface area contributed by atoms with Crippen molar-refractivity contribution in [3.8, 4) is 11.5 Å². The van der Waals surface area contributed by atoms with Crippen LogP contribution >= 0.6 is 0 Å². The summed E-state index contributed by atoms with van der Waals surface area (Å²) in [4.78, 5) is 26.0. The van der Waals surface area contributed by atoms with E-state index in [1.165, 1.54) is 4.90 Å². The van der Waals surface area contributed by atoms with Crippen LogP contribution in [0.25, 0.3) is 0 Å². The molecule has 0 radical (unpaired) electrons. The first-order valence-corrected chi connectivity index (χ1v) is 8.31. The highest BCUT2D eigenvalue weighted by atomic mass is 16.5. The first-order chi connectivity index (χ1) is 12.6. The van der Waals surface area contributed by atoms with Crippen LogP contribution in [-0.2, 0) is 16.1 Å². The van der Waals surface area contributed by atoms with E-state index in [1.54, 1.807) is 38.4 Å². The summed E-state index contributed by atoms with van der Waals surface area (Å²) in [5.74, 6) is 0.246. The van der Waals surface area contributed by atoms with Crippen molar-refractivity contribution in [2.24, 2.45) is 0 Å². The van der Waals surface area contributed by atoms with Crippen LogP contribution in [0.1, 0.15) is 22.8 Å². The number of hydrogen-bond acceptors (Lipinski definition) is 5. The minimum absolute atomic E-state index is 0.300. The fourth-order valence-electron chi connectivity index (χ4n) is 2.41. The Hall–Kier alpha value is -3.02. The highest BCUT2D eigenvalue weighted by molar-refractivity contribution is 5.93. The Bertz CT molecular complexity index is 759. The van der Waals surface area contributed by atoms with E-state index in [4.69, 9.17) is 14.2 Å². The van der Waals surface area contributed by atoms with E-state index < -0.39 is 5.97 Å². The molecule has 0 saturated carbocycles. The van der Waals surface area contributed by atoms with Gasteiger partial charge in [0.2, 0.25) is 0 Å². The van der Waals surface area contributed by atoms with Gasteiger partial charge in [-0.05, 0) is 25.1 Å². The third kappa shape index (κ3) is 4.99. The van der Waals surface area contributed by atoms with E-state index in [0.29, 0.717) is 30.2 Å². The zero-order chi connectivity index (χ0) is 18.9. The molecule has 1 amide bonds. The van der Waals surface area contributed by atoms with E-state index in [0.717, 1.165) is 5.56 Å². The van der Waals surface area contributed by atoms with Crippen molar-refractivity contribution in [1.29, 1.82) is 0 Å². The summed E-state index contributed by atoms with van der Waals surface area (Å²) in [7, 11) is 3.23. The largest absolute Gasteiger partial charge is 0.496 e. The molecule has 0 atom stereocenters. The van der Waals surface area contributed by atoms with Gasteiger partial charge in [-0.2, -0.15) is 0 Å². The average molecular weight is 357 g/mol. The number of nitrogens with zero attached hydrogens (tertiary/aromatic N) is 1. The molecule has 6 nitrogen and oxygen atoms in total. The number of benzene rings is 2. The fraction of sp³-hybridized carbons (Fsp3) is 0.300. The second-order valence-corrected chi connectivity index (χ2v) is 5.57. The lowest BCUT2D eigenvalue weighted by molar-refractivity contribution is -0.133. The van der Waals surface area contributed by atoms with Crippen LogP contribution in [0.4, 0.5) is 0 Å². The number of amides is 1. The van der Waals surface area contributed by atoms with Crippen molar-refractivity contribution in [3.05, 3.63) is 59.7 Å². The van der Waals surface area contributed by atoms with Crippen molar-refractivity contribution >= 4 is 11.9 Å². The maximum absolute atomic E-state index is 12.3. The third-order valence-electron chi connectivity index (χ3n) is 3.76. The highest BCUT2D eigenvalue weighted by Gasteiger charge is 2.17. The van der Waals surface area contributed by atoms with Gasteiger partial charge in [0.15, 0.2) is 6.61 Å². The molecule has 0 aliphatic heterocycles. The Labute approximate surface area is 153 Å². The third-order valence-corrected chi connectivity index (χ3v) is 3.76. The van der Waals surface area contributed by atoms with Crippen LogP contribution < -0.4 is 9.47 Å². The molecule has 0 saturated heterocycles. The average Bonchev–Trinajstić information content (AvgIpc) is 2.66. The molecule has 6 heteroatoms. The number of carbonyl (C=O) groups excluding carboxylic acids is 2. The van der Waals surface area contributed by atoms with Crippen LogP contribution in [0.5, 0.6) is 11.5 Å². The van der Waals surface area contributed by atoms with Gasteiger partial charge in [-0.1, -0.05) is 30.3 Å². The van der Waals surface area contributed by atoms with Crippen LogP contribution in [0, 0.1) is 0 Å². The number of methoxy groups -OCH3 is 1. The maximum Gasteiger partial charge on any atom is 0.342 e. The Morgan fingerprint density at radius 1 is 1.00 bits per heavy atom. The predicted octanol–water partition coefficient (Wildman–Crippen LogP) is 2.91. The summed E-state index contributed by atoms with van der Waals surface area (Å²) in [6, 6.07) is 14.2. The molecule has 138 valence electrons. The molecular weight excluding hydrogens is 334 g/mol. The van der Waals surface area contributed by atoms with Crippen LogP contribution in [-0.4, -0.2) is 44.1 Å². The molecular formula is C20H23NO5. The van der Waals surface area contributed by atoms with Gasteiger partial charge in [0.05, 0.1) is 13.7 Å². The molecule has 2 rings (SSSR count). The van der Waals surface area contributed by atoms with E-state index in [-0.39, 0.29) is 12.5 Å². The van der Waals surface area contributed by atoms with Gasteiger partial charge in [-0.3, -0.25) is 4.79 Å². The van der Waals surface area contributed by atoms with Crippen molar-refractivity contribution < 1.29 is 23.8 Å². The monoisotopic (exact) mass is 357 g/mol. The van der Waals surface area contributed by atoms with Gasteiger partial charge in [0, 0.05) is 19.2 Å². The van der Waals surface area contributed by atoms with Gasteiger partial charge < -0.3 is 19.1 Å². The van der Waals surface area contributed by atoms with Crippen molar-refractivity contribution in [3.63, 3.8) is 0 Å². The quantitative estimate of drug-likeness (QED) is 0.680. The molecule has 0 bridgehead atoms. The van der Waals surface area contributed by atoms with Crippen LogP contribution in [0.15, 0.2) is 48.5 Å². The van der Waals surface area contributed by atoms with Gasteiger partial charge in [-0.15, -0.1) is 0 Å². The van der Waals surface area contributed by atoms with Gasteiger partial charge in [0.1, 0.15) is 17.1 Å². The Morgan fingerprint density at radius 2 is 1.65 bits per heavy atom. The smallest absolute Gasteiger partial charge is 0.342 e. The SMILES string of the molecule is CCOc1ccccc1C(=O)OCC(=O)N(C)Cc1ccccc1OC. The molecule has 26 heavy (non-hydrogen) atoms. The summed E-state index contributed by atoms with van der Waals surface area (Å²) >= 11 is 0. The van der Waals surface area contributed by atoms with E-state index in [9.17, 15) is 9.59 Å². The number of rotatable bonds is 8. The van der Waals surface area contributed by atoms with Gasteiger partial charge in [-0.25, -0.2) is 4.79 Å². The number of carbonyl (C=O) groups is 2. The van der Waals surface area contributed by atoms with E-state index in [2.05, 4.69) is 0 Å². The lowest BCUT2D eigenvalue weighted by Crippen LogP contribution is -2.31. The normalized spacial score (nSPS) is 10.1. The predicted molar refractivity (Wildman–Crippen MR) is 97.4 cm³/mol. The van der Waals surface area contributed by atoms with E-state index in [1.807, 2.05) is 31.2 Å². The Kier molecular flexibility index (Phi) is 7.02. The molecule has 0 heterocycles. The summed E-state index contributed by atoms with van der Waals surface area (Å²) < 4.78 is 15.8. The molecule has 0 N–H and O–H groups in total. The molecule has 0 fully saturated rings. The lowest BCUT2D eigenvalue weighted by Gasteiger charge is -2.19. The molecule has 2 aromatic rings. The van der Waals surface area contributed by atoms with Crippen LogP contribution in [0.3, 0.4) is 0 Å². The zero-order valence-corrected chi connectivity index (χ0v) is 15.2. The van der Waals surface area contributed by atoms with Crippen molar-refractivity contribution in [1.82, 2.24) is 4.90 Å². The Morgan fingerprint density at radius 3 is 2.35 bits per heavy atom. The van der Waals surface area contributed by atoms with Crippen molar-refractivity contribution in [2.75, 3.05) is 27.4 Å². The van der Waals surface area contributed by atoms with Crippen molar-refractivity contribution in [2.45, 2.75) is 13.5 Å². The highest BCUT2D eigenvalue weighted by Crippen LogP contribution is 2.20. The summed E-state index contributed by atoms with van der Waals surface area (Å²) in [6.07, 6.45) is 0. The zero-order valence-electron chi connectivity index (χ0n) is 15.2. The van der Waals surface area contributed by atoms with E-state index >= 15 is 0 Å². The topological polar surface area (TPSA) is 65.1 Å². The fourth-order valence-corrected chi connectivity index (χ4v) is 2.41. The number of hydrogen-bond donors (Lipinski definition) is 0. The molecule has 0 aromatic heterocycles. The number of para-hydroxylation sites is 2.